The first kappa shape index (κ1) is 20.3. The zero-order valence-corrected chi connectivity index (χ0v) is 17.3. The van der Waals surface area contributed by atoms with Crippen molar-refractivity contribution >= 4 is 17.5 Å². The molecule has 1 heterocycles. The fraction of sp³-hybridized carbons (Fsp3) is 0.273. The minimum Gasteiger partial charge on any atom is -0.493 e. The highest BCUT2D eigenvalue weighted by Gasteiger charge is 2.14. The number of anilines is 3. The van der Waals surface area contributed by atoms with Crippen molar-refractivity contribution < 1.29 is 14.2 Å². The molecule has 0 aliphatic rings. The van der Waals surface area contributed by atoms with Crippen molar-refractivity contribution in [3.63, 3.8) is 0 Å². The maximum absolute atomic E-state index is 5.44. The number of ether oxygens (including phenoxy) is 3. The Balaban J connectivity index is 2.02. The predicted molar refractivity (Wildman–Crippen MR) is 116 cm³/mol. The van der Waals surface area contributed by atoms with Gasteiger partial charge in [-0.25, -0.2) is 4.98 Å². The molecule has 0 radical (unpaired) electrons. The molecule has 7 heteroatoms. The predicted octanol–water partition coefficient (Wildman–Crippen LogP) is 4.73. The molecule has 3 rings (SSSR count). The van der Waals surface area contributed by atoms with Crippen LogP contribution in [0.1, 0.15) is 13.8 Å². The molecule has 0 amide bonds. The molecule has 0 fully saturated rings. The Hall–Kier alpha value is -3.48. The molecule has 0 unspecified atom stereocenters. The van der Waals surface area contributed by atoms with E-state index in [1.165, 1.54) is 0 Å². The van der Waals surface area contributed by atoms with Gasteiger partial charge in [-0.2, -0.15) is 4.98 Å². The van der Waals surface area contributed by atoms with Gasteiger partial charge in [0.05, 0.1) is 27.0 Å². The first-order chi connectivity index (χ1) is 14.0. The average molecular weight is 394 g/mol. The fourth-order valence-corrected chi connectivity index (χ4v) is 2.89. The van der Waals surface area contributed by atoms with Gasteiger partial charge in [0.2, 0.25) is 11.7 Å². The summed E-state index contributed by atoms with van der Waals surface area (Å²) in [5.41, 5.74) is 2.58. The van der Waals surface area contributed by atoms with E-state index in [0.29, 0.717) is 29.0 Å². The number of benzene rings is 2. The molecule has 0 saturated heterocycles. The van der Waals surface area contributed by atoms with Crippen molar-refractivity contribution in [2.75, 3.05) is 32.0 Å². The summed E-state index contributed by atoms with van der Waals surface area (Å²) < 4.78 is 16.3. The monoisotopic (exact) mass is 394 g/mol. The lowest BCUT2D eigenvalue weighted by Gasteiger charge is -2.16. The summed E-state index contributed by atoms with van der Waals surface area (Å²) in [5, 5.41) is 6.59. The number of methoxy groups -OCH3 is 3. The summed E-state index contributed by atoms with van der Waals surface area (Å²) in [6, 6.07) is 15.8. The van der Waals surface area contributed by atoms with E-state index in [1.54, 1.807) is 21.3 Å². The molecule has 0 saturated carbocycles. The summed E-state index contributed by atoms with van der Waals surface area (Å²) >= 11 is 0. The molecule has 3 aromatic rings. The lowest BCUT2D eigenvalue weighted by Crippen LogP contribution is -2.13. The summed E-state index contributed by atoms with van der Waals surface area (Å²) in [7, 11) is 4.75. The van der Waals surface area contributed by atoms with Crippen LogP contribution < -0.4 is 24.8 Å². The molecule has 152 valence electrons. The SMILES string of the molecule is COc1cc(Nc2cc(-c3ccccc3)nc(NC(C)C)n2)cc(OC)c1OC. The smallest absolute Gasteiger partial charge is 0.225 e. The van der Waals surface area contributed by atoms with E-state index in [-0.39, 0.29) is 6.04 Å². The Morgan fingerprint density at radius 2 is 1.48 bits per heavy atom. The Labute approximate surface area is 171 Å². The minimum atomic E-state index is 0.204. The average Bonchev–Trinajstić information content (AvgIpc) is 2.73. The number of rotatable bonds is 8. The topological polar surface area (TPSA) is 77.5 Å². The van der Waals surface area contributed by atoms with Crippen LogP contribution in [0.25, 0.3) is 11.3 Å². The van der Waals surface area contributed by atoms with Gasteiger partial charge in [0, 0.05) is 35.5 Å². The number of nitrogens with zero attached hydrogens (tertiary/aromatic N) is 2. The quantitative estimate of drug-likeness (QED) is 0.572. The highest BCUT2D eigenvalue weighted by Crippen LogP contribution is 2.40. The van der Waals surface area contributed by atoms with Crippen LogP contribution in [-0.4, -0.2) is 37.3 Å². The third-order valence-electron chi connectivity index (χ3n) is 4.15. The van der Waals surface area contributed by atoms with E-state index in [1.807, 2.05) is 62.4 Å². The van der Waals surface area contributed by atoms with E-state index in [0.717, 1.165) is 16.9 Å². The number of hydrogen-bond acceptors (Lipinski definition) is 7. The Kier molecular flexibility index (Phi) is 6.39. The number of hydrogen-bond donors (Lipinski definition) is 2. The third kappa shape index (κ3) is 4.87. The number of aromatic nitrogens is 2. The van der Waals surface area contributed by atoms with E-state index in [2.05, 4.69) is 20.6 Å². The maximum atomic E-state index is 5.44. The van der Waals surface area contributed by atoms with Crippen molar-refractivity contribution in [2.24, 2.45) is 0 Å². The second-order valence-corrected chi connectivity index (χ2v) is 6.67. The van der Waals surface area contributed by atoms with Crippen molar-refractivity contribution in [2.45, 2.75) is 19.9 Å². The normalized spacial score (nSPS) is 10.6. The second-order valence-electron chi connectivity index (χ2n) is 6.67. The molecule has 1 aromatic heterocycles. The zero-order chi connectivity index (χ0) is 20.8. The molecular formula is C22H26N4O3. The van der Waals surface area contributed by atoms with E-state index >= 15 is 0 Å². The molecule has 0 atom stereocenters. The largest absolute Gasteiger partial charge is 0.493 e. The summed E-state index contributed by atoms with van der Waals surface area (Å²) in [6.07, 6.45) is 0. The molecule has 0 aliphatic carbocycles. The lowest BCUT2D eigenvalue weighted by atomic mass is 10.1. The first-order valence-corrected chi connectivity index (χ1v) is 9.32. The van der Waals surface area contributed by atoms with Crippen LogP contribution in [0.2, 0.25) is 0 Å². The molecule has 29 heavy (non-hydrogen) atoms. The zero-order valence-electron chi connectivity index (χ0n) is 17.3. The molecule has 0 bridgehead atoms. The summed E-state index contributed by atoms with van der Waals surface area (Å²) in [6.45, 7) is 4.09. The molecule has 7 nitrogen and oxygen atoms in total. The van der Waals surface area contributed by atoms with Crippen molar-refractivity contribution in [3.8, 4) is 28.5 Å². The maximum Gasteiger partial charge on any atom is 0.225 e. The molecular weight excluding hydrogens is 368 g/mol. The van der Waals surface area contributed by atoms with Crippen LogP contribution in [-0.2, 0) is 0 Å². The Morgan fingerprint density at radius 3 is 2.03 bits per heavy atom. The summed E-state index contributed by atoms with van der Waals surface area (Å²) in [4.78, 5) is 9.25. The van der Waals surface area contributed by atoms with Gasteiger partial charge in [-0.05, 0) is 13.8 Å². The van der Waals surface area contributed by atoms with Crippen LogP contribution in [0, 0.1) is 0 Å². The van der Waals surface area contributed by atoms with Crippen molar-refractivity contribution in [3.05, 3.63) is 48.5 Å². The van der Waals surface area contributed by atoms with Gasteiger partial charge in [-0.15, -0.1) is 0 Å². The van der Waals surface area contributed by atoms with Crippen molar-refractivity contribution in [1.29, 1.82) is 0 Å². The van der Waals surface area contributed by atoms with Crippen LogP contribution in [0.5, 0.6) is 17.2 Å². The summed E-state index contributed by atoms with van der Waals surface area (Å²) in [5.74, 6) is 2.86. The van der Waals surface area contributed by atoms with Gasteiger partial charge in [-0.1, -0.05) is 30.3 Å². The fourth-order valence-electron chi connectivity index (χ4n) is 2.89. The second kappa shape index (κ2) is 9.14. The van der Waals surface area contributed by atoms with Gasteiger partial charge >= 0.3 is 0 Å². The standard InChI is InChI=1S/C22H26N4O3/c1-14(2)23-22-25-17(15-9-7-6-8-10-15)13-20(26-22)24-16-11-18(27-3)21(29-5)19(12-16)28-4/h6-14H,1-5H3,(H2,23,24,25,26). The Morgan fingerprint density at radius 1 is 0.828 bits per heavy atom. The highest BCUT2D eigenvalue weighted by molar-refractivity contribution is 5.70. The van der Waals surface area contributed by atoms with E-state index < -0.39 is 0 Å². The van der Waals surface area contributed by atoms with Crippen LogP contribution in [0.4, 0.5) is 17.5 Å². The molecule has 2 N–H and O–H groups in total. The van der Waals surface area contributed by atoms with Gasteiger partial charge in [-0.3, -0.25) is 0 Å². The van der Waals surface area contributed by atoms with Crippen LogP contribution >= 0.6 is 0 Å². The van der Waals surface area contributed by atoms with Gasteiger partial charge in [0.25, 0.3) is 0 Å². The van der Waals surface area contributed by atoms with Gasteiger partial charge in [0.15, 0.2) is 11.5 Å². The van der Waals surface area contributed by atoms with Crippen molar-refractivity contribution in [1.82, 2.24) is 9.97 Å². The van der Waals surface area contributed by atoms with Crippen LogP contribution in [0.3, 0.4) is 0 Å². The third-order valence-corrected chi connectivity index (χ3v) is 4.15. The Bertz CT molecular complexity index is 937. The van der Waals surface area contributed by atoms with Gasteiger partial charge < -0.3 is 24.8 Å². The van der Waals surface area contributed by atoms with Gasteiger partial charge in [0.1, 0.15) is 5.82 Å². The van der Waals surface area contributed by atoms with Crippen LogP contribution in [0.15, 0.2) is 48.5 Å². The highest BCUT2D eigenvalue weighted by atomic mass is 16.5. The lowest BCUT2D eigenvalue weighted by molar-refractivity contribution is 0.324. The first-order valence-electron chi connectivity index (χ1n) is 9.32. The van der Waals surface area contributed by atoms with E-state index in [4.69, 9.17) is 14.2 Å². The molecule has 2 aromatic carbocycles. The van der Waals surface area contributed by atoms with E-state index in [9.17, 15) is 0 Å². The molecule has 0 aliphatic heterocycles. The number of nitrogens with one attached hydrogen (secondary N) is 2. The minimum absolute atomic E-state index is 0.204. The molecule has 0 spiro atoms.